The third kappa shape index (κ3) is 1.34. The van der Waals surface area contributed by atoms with E-state index in [0.29, 0.717) is 12.8 Å². The van der Waals surface area contributed by atoms with Crippen LogP contribution in [0.2, 0.25) is 0 Å². The Labute approximate surface area is 77.2 Å². The molecule has 13 heavy (non-hydrogen) atoms. The van der Waals surface area contributed by atoms with Gasteiger partial charge < -0.3 is 15.1 Å². The lowest BCUT2D eigenvalue weighted by atomic mass is 9.99. The molecule has 2 fully saturated rings. The maximum Gasteiger partial charge on any atom is 0.223 e. The highest BCUT2D eigenvalue weighted by molar-refractivity contribution is 5.78. The zero-order valence-corrected chi connectivity index (χ0v) is 7.52. The summed E-state index contributed by atoms with van der Waals surface area (Å²) in [6, 6.07) is -0.0779. The Morgan fingerprint density at radius 3 is 2.85 bits per heavy atom. The molecule has 2 saturated heterocycles. The average molecular weight is 185 g/mol. The van der Waals surface area contributed by atoms with Gasteiger partial charge in [0.2, 0.25) is 5.91 Å². The van der Waals surface area contributed by atoms with Crippen molar-refractivity contribution in [1.82, 2.24) is 4.90 Å². The van der Waals surface area contributed by atoms with Crippen molar-refractivity contribution in [2.24, 2.45) is 0 Å². The third-order valence-electron chi connectivity index (χ3n) is 3.14. The smallest absolute Gasteiger partial charge is 0.223 e. The van der Waals surface area contributed by atoms with Gasteiger partial charge in [0.1, 0.15) is 0 Å². The highest BCUT2D eigenvalue weighted by atomic mass is 16.3. The van der Waals surface area contributed by atoms with Crippen LogP contribution in [0.4, 0.5) is 0 Å². The Hall–Kier alpha value is -0.610. The predicted molar refractivity (Wildman–Crippen MR) is 46.0 cm³/mol. The monoisotopic (exact) mass is 185 g/mol. The molecule has 0 radical (unpaired) electrons. The topological polar surface area (TPSA) is 60.8 Å². The first-order valence-corrected chi connectivity index (χ1v) is 4.84. The van der Waals surface area contributed by atoms with Gasteiger partial charge in [-0.2, -0.15) is 0 Å². The number of piperidine rings is 1. The summed E-state index contributed by atoms with van der Waals surface area (Å²) in [5.74, 6) is 0.0897. The fraction of sp³-hybridized carbons (Fsp3) is 0.889. The molecule has 0 aliphatic carbocycles. The Balaban J connectivity index is 2.16. The van der Waals surface area contributed by atoms with E-state index >= 15 is 0 Å². The molecule has 2 aliphatic heterocycles. The summed E-state index contributed by atoms with van der Waals surface area (Å²) in [5, 5.41) is 18.7. The van der Waals surface area contributed by atoms with Gasteiger partial charge in [-0.15, -0.1) is 0 Å². The Bertz CT molecular complexity index is 219. The average Bonchev–Trinajstić information content (AvgIpc) is 2.56. The lowest BCUT2D eigenvalue weighted by Crippen LogP contribution is -2.51. The molecule has 1 unspecified atom stereocenters. The number of fused-ring (bicyclic) bond motifs is 1. The Kier molecular flexibility index (Phi) is 2.26. The molecular formula is C9H15NO3. The van der Waals surface area contributed by atoms with Gasteiger partial charge in [0.25, 0.3) is 0 Å². The normalized spacial score (nSPS) is 39.4. The number of carbonyl (C=O) groups is 1. The van der Waals surface area contributed by atoms with Crippen LogP contribution in [0, 0.1) is 0 Å². The lowest BCUT2D eigenvalue weighted by Gasteiger charge is -2.36. The van der Waals surface area contributed by atoms with Crippen LogP contribution >= 0.6 is 0 Å². The number of carbonyl (C=O) groups excluding carboxylic acids is 1. The number of amides is 1. The molecule has 4 nitrogen and oxygen atoms in total. The number of aliphatic hydroxyl groups is 2. The van der Waals surface area contributed by atoms with Crippen molar-refractivity contribution in [2.75, 3.05) is 6.61 Å². The number of hydrogen-bond acceptors (Lipinski definition) is 3. The molecule has 4 heteroatoms. The molecule has 0 aromatic carbocycles. The van der Waals surface area contributed by atoms with E-state index in [0.717, 1.165) is 12.8 Å². The lowest BCUT2D eigenvalue weighted by molar-refractivity contribution is -0.142. The fourth-order valence-electron chi connectivity index (χ4n) is 2.45. The summed E-state index contributed by atoms with van der Waals surface area (Å²) in [4.78, 5) is 13.2. The van der Waals surface area contributed by atoms with Crippen LogP contribution < -0.4 is 0 Å². The molecule has 2 heterocycles. The first kappa shape index (κ1) is 8.97. The second-order valence-corrected chi connectivity index (χ2v) is 3.89. The molecule has 2 rings (SSSR count). The van der Waals surface area contributed by atoms with E-state index < -0.39 is 0 Å². The van der Waals surface area contributed by atoms with Crippen LogP contribution in [0.1, 0.15) is 25.7 Å². The maximum atomic E-state index is 11.5. The fourth-order valence-corrected chi connectivity index (χ4v) is 2.45. The minimum Gasteiger partial charge on any atom is -0.394 e. The van der Waals surface area contributed by atoms with E-state index in [2.05, 4.69) is 0 Å². The number of rotatable bonds is 1. The van der Waals surface area contributed by atoms with Crippen molar-refractivity contribution in [3.05, 3.63) is 0 Å². The molecule has 0 saturated carbocycles. The van der Waals surface area contributed by atoms with Crippen molar-refractivity contribution >= 4 is 5.91 Å². The van der Waals surface area contributed by atoms with Gasteiger partial charge in [0, 0.05) is 6.42 Å². The largest absolute Gasteiger partial charge is 0.394 e. The van der Waals surface area contributed by atoms with Crippen LogP contribution in [0.25, 0.3) is 0 Å². The molecule has 0 spiro atoms. The molecular weight excluding hydrogens is 170 g/mol. The third-order valence-corrected chi connectivity index (χ3v) is 3.14. The van der Waals surface area contributed by atoms with E-state index in [1.807, 2.05) is 0 Å². The molecule has 74 valence electrons. The summed E-state index contributed by atoms with van der Waals surface area (Å²) >= 11 is 0. The Morgan fingerprint density at radius 1 is 1.38 bits per heavy atom. The molecule has 1 amide bonds. The van der Waals surface area contributed by atoms with Gasteiger partial charge in [0.05, 0.1) is 24.8 Å². The van der Waals surface area contributed by atoms with E-state index in [4.69, 9.17) is 5.11 Å². The zero-order chi connectivity index (χ0) is 9.42. The van der Waals surface area contributed by atoms with Crippen LogP contribution in [0.5, 0.6) is 0 Å². The van der Waals surface area contributed by atoms with Crippen molar-refractivity contribution in [3.8, 4) is 0 Å². The number of nitrogens with zero attached hydrogens (tertiary/aromatic N) is 1. The minimum absolute atomic E-state index is 0.0228. The molecule has 0 aromatic heterocycles. The van der Waals surface area contributed by atoms with Crippen LogP contribution in [0.3, 0.4) is 0 Å². The molecule has 0 bridgehead atoms. The molecule has 2 N–H and O–H groups in total. The van der Waals surface area contributed by atoms with E-state index in [1.54, 1.807) is 4.90 Å². The van der Waals surface area contributed by atoms with E-state index in [1.165, 1.54) is 0 Å². The SMILES string of the molecule is O=C1CCC(O)[C@@H]2CC[C@@H](CO)N12. The van der Waals surface area contributed by atoms with Crippen molar-refractivity contribution in [1.29, 1.82) is 0 Å². The zero-order valence-electron chi connectivity index (χ0n) is 7.52. The molecule has 2 aliphatic rings. The van der Waals surface area contributed by atoms with Crippen molar-refractivity contribution in [3.63, 3.8) is 0 Å². The van der Waals surface area contributed by atoms with Crippen molar-refractivity contribution in [2.45, 2.75) is 43.9 Å². The summed E-state index contributed by atoms with van der Waals surface area (Å²) in [5.41, 5.74) is 0. The Morgan fingerprint density at radius 2 is 2.15 bits per heavy atom. The van der Waals surface area contributed by atoms with Crippen LogP contribution in [0.15, 0.2) is 0 Å². The van der Waals surface area contributed by atoms with Gasteiger partial charge in [-0.05, 0) is 19.3 Å². The second-order valence-electron chi connectivity index (χ2n) is 3.89. The van der Waals surface area contributed by atoms with Crippen LogP contribution in [-0.4, -0.2) is 45.8 Å². The van der Waals surface area contributed by atoms with E-state index in [-0.39, 0.29) is 30.7 Å². The first-order valence-electron chi connectivity index (χ1n) is 4.84. The summed E-state index contributed by atoms with van der Waals surface area (Å²) in [6.07, 6.45) is 2.28. The van der Waals surface area contributed by atoms with Crippen molar-refractivity contribution < 1.29 is 15.0 Å². The summed E-state index contributed by atoms with van der Waals surface area (Å²) < 4.78 is 0. The second kappa shape index (κ2) is 3.27. The maximum absolute atomic E-state index is 11.5. The number of aliphatic hydroxyl groups excluding tert-OH is 2. The number of hydrogen-bond donors (Lipinski definition) is 2. The highest BCUT2D eigenvalue weighted by Crippen LogP contribution is 2.32. The summed E-state index contributed by atoms with van der Waals surface area (Å²) in [6.45, 7) is 0.0228. The van der Waals surface area contributed by atoms with Gasteiger partial charge in [0.15, 0.2) is 0 Å². The predicted octanol–water partition coefficient (Wildman–Crippen LogP) is -0.507. The quantitative estimate of drug-likeness (QED) is 0.578. The standard InChI is InChI=1S/C9H15NO3/c11-5-6-1-2-7-8(12)3-4-9(13)10(6)7/h6-8,11-12H,1-5H2/t6-,7-,8?/m0/s1. The van der Waals surface area contributed by atoms with Crippen LogP contribution in [-0.2, 0) is 4.79 Å². The first-order chi connectivity index (χ1) is 6.24. The van der Waals surface area contributed by atoms with Gasteiger partial charge in [-0.1, -0.05) is 0 Å². The van der Waals surface area contributed by atoms with Gasteiger partial charge >= 0.3 is 0 Å². The highest BCUT2D eigenvalue weighted by Gasteiger charge is 2.42. The van der Waals surface area contributed by atoms with Gasteiger partial charge in [-0.25, -0.2) is 0 Å². The molecule has 0 aromatic rings. The summed E-state index contributed by atoms with van der Waals surface area (Å²) in [7, 11) is 0. The van der Waals surface area contributed by atoms with E-state index in [9.17, 15) is 9.90 Å². The molecule has 3 atom stereocenters. The minimum atomic E-state index is -0.380. The van der Waals surface area contributed by atoms with Gasteiger partial charge in [-0.3, -0.25) is 4.79 Å².